The van der Waals surface area contributed by atoms with E-state index in [1.165, 1.54) is 0 Å². The van der Waals surface area contributed by atoms with Gasteiger partial charge in [-0.3, -0.25) is 0 Å². The number of nitrogens with zero attached hydrogens (tertiary/aromatic N) is 2. The van der Waals surface area contributed by atoms with Crippen LogP contribution < -0.4 is 10.6 Å². The molecular weight excluding hydrogens is 264 g/mol. The summed E-state index contributed by atoms with van der Waals surface area (Å²) in [5.41, 5.74) is 0. The van der Waals surface area contributed by atoms with Crippen LogP contribution in [0.2, 0.25) is 5.02 Å². The maximum atomic E-state index is 6.12. The first-order chi connectivity index (χ1) is 9.08. The van der Waals surface area contributed by atoms with Crippen molar-refractivity contribution in [3.8, 4) is 0 Å². The predicted molar refractivity (Wildman–Crippen MR) is 79.9 cm³/mol. The molecule has 1 aromatic heterocycles. The van der Waals surface area contributed by atoms with E-state index in [1.54, 1.807) is 13.3 Å². The molecule has 6 heteroatoms. The Bertz CT molecular complexity index is 387. The number of rotatable bonds is 8. The molecule has 1 atom stereocenters. The number of hydrogen-bond donors (Lipinski definition) is 2. The largest absolute Gasteiger partial charge is 0.383 e. The van der Waals surface area contributed by atoms with Gasteiger partial charge in [-0.2, -0.15) is 4.98 Å². The maximum absolute atomic E-state index is 6.12. The minimum absolute atomic E-state index is 0.163. The highest BCUT2D eigenvalue weighted by Gasteiger charge is 2.15. The van der Waals surface area contributed by atoms with Crippen LogP contribution >= 0.6 is 11.6 Å². The van der Waals surface area contributed by atoms with Crippen molar-refractivity contribution in [1.29, 1.82) is 0 Å². The van der Waals surface area contributed by atoms with E-state index < -0.39 is 0 Å². The van der Waals surface area contributed by atoms with Crippen molar-refractivity contribution >= 4 is 23.4 Å². The number of aromatic nitrogens is 2. The van der Waals surface area contributed by atoms with Gasteiger partial charge in [0.2, 0.25) is 5.95 Å². The molecule has 1 heterocycles. The lowest BCUT2D eigenvalue weighted by atomic mass is 10.1. The third-order valence-electron chi connectivity index (χ3n) is 2.75. The first-order valence-electron chi connectivity index (χ1n) is 6.60. The van der Waals surface area contributed by atoms with Gasteiger partial charge in [0.1, 0.15) is 5.02 Å². The molecular formula is C13H23ClN4O. The molecule has 0 aromatic carbocycles. The SMILES string of the molecule is CCCNc1ncc(Cl)c(NC(COC)C(C)C)n1. The van der Waals surface area contributed by atoms with Crippen LogP contribution in [0.1, 0.15) is 27.2 Å². The van der Waals surface area contributed by atoms with Crippen LogP contribution in [0, 0.1) is 5.92 Å². The Balaban J connectivity index is 2.79. The van der Waals surface area contributed by atoms with Gasteiger partial charge in [0.25, 0.3) is 0 Å². The zero-order chi connectivity index (χ0) is 14.3. The molecule has 0 aliphatic carbocycles. The average Bonchev–Trinajstić information content (AvgIpc) is 2.38. The summed E-state index contributed by atoms with van der Waals surface area (Å²) in [6.07, 6.45) is 2.63. The molecule has 108 valence electrons. The maximum Gasteiger partial charge on any atom is 0.224 e. The van der Waals surface area contributed by atoms with Crippen LogP contribution in [0.25, 0.3) is 0 Å². The lowest BCUT2D eigenvalue weighted by Crippen LogP contribution is -2.31. The van der Waals surface area contributed by atoms with Crippen LogP contribution in [0.15, 0.2) is 6.20 Å². The minimum atomic E-state index is 0.163. The fourth-order valence-corrected chi connectivity index (χ4v) is 1.69. The van der Waals surface area contributed by atoms with E-state index in [2.05, 4.69) is 41.4 Å². The third kappa shape index (κ3) is 5.20. The highest BCUT2D eigenvalue weighted by atomic mass is 35.5. The Labute approximate surface area is 120 Å². The summed E-state index contributed by atoms with van der Waals surface area (Å²) in [5, 5.41) is 6.98. The smallest absolute Gasteiger partial charge is 0.224 e. The summed E-state index contributed by atoms with van der Waals surface area (Å²) in [6, 6.07) is 0.163. The number of halogens is 1. The van der Waals surface area contributed by atoms with Crippen LogP contribution in [-0.4, -0.2) is 36.3 Å². The number of nitrogens with one attached hydrogen (secondary N) is 2. The molecule has 0 aliphatic heterocycles. The monoisotopic (exact) mass is 286 g/mol. The van der Waals surface area contributed by atoms with Crippen LogP contribution in [0.3, 0.4) is 0 Å². The van der Waals surface area contributed by atoms with Crippen molar-refractivity contribution in [1.82, 2.24) is 9.97 Å². The number of ether oxygens (including phenoxy) is 1. The second-order valence-corrected chi connectivity index (χ2v) is 5.17. The van der Waals surface area contributed by atoms with Gasteiger partial charge in [-0.05, 0) is 12.3 Å². The number of methoxy groups -OCH3 is 1. The molecule has 1 unspecified atom stereocenters. The van der Waals surface area contributed by atoms with Gasteiger partial charge >= 0.3 is 0 Å². The van der Waals surface area contributed by atoms with Crippen molar-refractivity contribution in [2.45, 2.75) is 33.2 Å². The minimum Gasteiger partial charge on any atom is -0.383 e. The average molecular weight is 287 g/mol. The highest BCUT2D eigenvalue weighted by molar-refractivity contribution is 6.32. The normalized spacial score (nSPS) is 12.5. The van der Waals surface area contributed by atoms with Gasteiger partial charge in [0, 0.05) is 13.7 Å². The molecule has 0 aliphatic rings. The van der Waals surface area contributed by atoms with E-state index in [1.807, 2.05) is 0 Å². The summed E-state index contributed by atoms with van der Waals surface area (Å²) in [5.74, 6) is 1.65. The van der Waals surface area contributed by atoms with Crippen molar-refractivity contribution < 1.29 is 4.74 Å². The molecule has 0 amide bonds. The van der Waals surface area contributed by atoms with E-state index in [4.69, 9.17) is 16.3 Å². The highest BCUT2D eigenvalue weighted by Crippen LogP contribution is 2.21. The lowest BCUT2D eigenvalue weighted by molar-refractivity contribution is 0.171. The van der Waals surface area contributed by atoms with Gasteiger partial charge in [0.15, 0.2) is 5.82 Å². The van der Waals surface area contributed by atoms with E-state index in [9.17, 15) is 0 Å². The molecule has 5 nitrogen and oxygen atoms in total. The molecule has 0 saturated carbocycles. The molecule has 19 heavy (non-hydrogen) atoms. The van der Waals surface area contributed by atoms with Crippen molar-refractivity contribution in [2.75, 3.05) is 30.9 Å². The lowest BCUT2D eigenvalue weighted by Gasteiger charge is -2.22. The predicted octanol–water partition coefficient (Wildman–Crippen LogP) is 3.03. The molecule has 1 aromatic rings. The van der Waals surface area contributed by atoms with Crippen molar-refractivity contribution in [3.63, 3.8) is 0 Å². The Morgan fingerprint density at radius 2 is 2.16 bits per heavy atom. The van der Waals surface area contributed by atoms with E-state index in [-0.39, 0.29) is 6.04 Å². The number of hydrogen-bond acceptors (Lipinski definition) is 5. The molecule has 1 rings (SSSR count). The van der Waals surface area contributed by atoms with Gasteiger partial charge in [-0.1, -0.05) is 32.4 Å². The van der Waals surface area contributed by atoms with Gasteiger partial charge in [-0.25, -0.2) is 4.98 Å². The molecule has 0 bridgehead atoms. The molecule has 0 spiro atoms. The molecule has 0 saturated heterocycles. The topological polar surface area (TPSA) is 59.1 Å². The molecule has 2 N–H and O–H groups in total. The van der Waals surface area contributed by atoms with Crippen molar-refractivity contribution in [2.24, 2.45) is 5.92 Å². The molecule has 0 fully saturated rings. The van der Waals surface area contributed by atoms with Crippen molar-refractivity contribution in [3.05, 3.63) is 11.2 Å². The summed E-state index contributed by atoms with van der Waals surface area (Å²) in [7, 11) is 1.69. The fraction of sp³-hybridized carbons (Fsp3) is 0.692. The standard InChI is InChI=1S/C13H23ClN4O/c1-5-6-15-13-16-7-10(14)12(18-13)17-11(8-19-4)9(2)3/h7,9,11H,5-6,8H2,1-4H3,(H2,15,16,17,18). The Hall–Kier alpha value is -1.07. The quantitative estimate of drug-likeness (QED) is 0.769. The zero-order valence-corrected chi connectivity index (χ0v) is 12.8. The summed E-state index contributed by atoms with van der Waals surface area (Å²) in [4.78, 5) is 8.54. The molecule has 0 radical (unpaired) electrons. The van der Waals surface area contributed by atoms with E-state index >= 15 is 0 Å². The number of anilines is 2. The summed E-state index contributed by atoms with van der Waals surface area (Å²) in [6.45, 7) is 7.79. The Kier molecular flexibility index (Phi) is 6.87. The zero-order valence-electron chi connectivity index (χ0n) is 12.0. The first kappa shape index (κ1) is 16.0. The summed E-state index contributed by atoms with van der Waals surface area (Å²) >= 11 is 6.12. The summed E-state index contributed by atoms with van der Waals surface area (Å²) < 4.78 is 5.21. The Morgan fingerprint density at radius 3 is 2.74 bits per heavy atom. The van der Waals surface area contributed by atoms with Crippen LogP contribution in [-0.2, 0) is 4.74 Å². The second kappa shape index (κ2) is 8.17. The van der Waals surface area contributed by atoms with Gasteiger partial charge in [0.05, 0.1) is 18.8 Å². The van der Waals surface area contributed by atoms with Crippen LogP contribution in [0.4, 0.5) is 11.8 Å². The van der Waals surface area contributed by atoms with E-state index in [0.29, 0.717) is 29.3 Å². The second-order valence-electron chi connectivity index (χ2n) is 4.77. The Morgan fingerprint density at radius 1 is 1.42 bits per heavy atom. The third-order valence-corrected chi connectivity index (χ3v) is 3.03. The van der Waals surface area contributed by atoms with Gasteiger partial charge < -0.3 is 15.4 Å². The van der Waals surface area contributed by atoms with Crippen LogP contribution in [0.5, 0.6) is 0 Å². The first-order valence-corrected chi connectivity index (χ1v) is 6.98. The fourth-order valence-electron chi connectivity index (χ4n) is 1.55. The van der Waals surface area contributed by atoms with E-state index in [0.717, 1.165) is 13.0 Å². The van der Waals surface area contributed by atoms with Gasteiger partial charge in [-0.15, -0.1) is 0 Å².